The monoisotopic (exact) mass is 355 g/mol. The highest BCUT2D eigenvalue weighted by molar-refractivity contribution is 7.16. The fourth-order valence-corrected chi connectivity index (χ4v) is 3.20. The molecule has 0 spiro atoms. The van der Waals surface area contributed by atoms with Gasteiger partial charge in [-0.3, -0.25) is 4.79 Å². The standard InChI is InChI=1S/C16H18ClNO4S/c1-20-11-5-4-10(8-12(11)21-2)16(19)18-9-13(22-3)14-6-7-15(17)23-14/h4-8,13H,9H2,1-3H3,(H,18,19). The van der Waals surface area contributed by atoms with Crippen LogP contribution in [0.5, 0.6) is 11.5 Å². The van der Waals surface area contributed by atoms with Gasteiger partial charge in [0.2, 0.25) is 0 Å². The molecule has 0 radical (unpaired) electrons. The molecular formula is C16H18ClNO4S. The molecule has 124 valence electrons. The molecule has 1 N–H and O–H groups in total. The molecular weight excluding hydrogens is 338 g/mol. The summed E-state index contributed by atoms with van der Waals surface area (Å²) in [6.07, 6.45) is -0.239. The minimum atomic E-state index is -0.239. The molecule has 23 heavy (non-hydrogen) atoms. The number of nitrogens with one attached hydrogen (secondary N) is 1. The van der Waals surface area contributed by atoms with Gasteiger partial charge in [0.05, 0.1) is 18.6 Å². The minimum Gasteiger partial charge on any atom is -0.493 e. The second-order valence-corrected chi connectivity index (χ2v) is 6.39. The van der Waals surface area contributed by atoms with E-state index in [1.165, 1.54) is 18.4 Å². The molecule has 0 aliphatic carbocycles. The highest BCUT2D eigenvalue weighted by Crippen LogP contribution is 2.29. The number of hydrogen-bond donors (Lipinski definition) is 1. The van der Waals surface area contributed by atoms with Crippen molar-refractivity contribution in [3.05, 3.63) is 45.1 Å². The number of carbonyl (C=O) groups is 1. The van der Waals surface area contributed by atoms with E-state index in [4.69, 9.17) is 25.8 Å². The molecule has 2 rings (SSSR count). The minimum absolute atomic E-state index is 0.212. The molecule has 0 saturated heterocycles. The van der Waals surface area contributed by atoms with Crippen LogP contribution >= 0.6 is 22.9 Å². The second kappa shape index (κ2) is 8.19. The quantitative estimate of drug-likeness (QED) is 0.825. The molecule has 1 atom stereocenters. The highest BCUT2D eigenvalue weighted by Gasteiger charge is 2.16. The first-order valence-electron chi connectivity index (χ1n) is 6.87. The Morgan fingerprint density at radius 1 is 1.17 bits per heavy atom. The van der Waals surface area contributed by atoms with Crippen molar-refractivity contribution < 1.29 is 19.0 Å². The molecule has 0 bridgehead atoms. The summed E-state index contributed by atoms with van der Waals surface area (Å²) >= 11 is 7.36. The summed E-state index contributed by atoms with van der Waals surface area (Å²) in [5.74, 6) is 0.871. The Morgan fingerprint density at radius 3 is 2.48 bits per heavy atom. The zero-order valence-corrected chi connectivity index (χ0v) is 14.7. The zero-order valence-electron chi connectivity index (χ0n) is 13.1. The summed E-state index contributed by atoms with van der Waals surface area (Å²) in [5, 5.41) is 2.85. The number of halogens is 1. The van der Waals surface area contributed by atoms with E-state index in [1.54, 1.807) is 32.4 Å². The predicted molar refractivity (Wildman–Crippen MR) is 91.0 cm³/mol. The van der Waals surface area contributed by atoms with Crippen molar-refractivity contribution in [2.45, 2.75) is 6.10 Å². The summed E-state index contributed by atoms with van der Waals surface area (Å²) in [4.78, 5) is 13.2. The van der Waals surface area contributed by atoms with Gasteiger partial charge in [-0.1, -0.05) is 11.6 Å². The fourth-order valence-electron chi connectivity index (χ4n) is 2.07. The molecule has 1 unspecified atom stereocenters. The lowest BCUT2D eigenvalue weighted by Crippen LogP contribution is -2.28. The van der Waals surface area contributed by atoms with Crippen LogP contribution in [0.2, 0.25) is 4.34 Å². The van der Waals surface area contributed by atoms with Crippen LogP contribution in [0.1, 0.15) is 21.3 Å². The van der Waals surface area contributed by atoms with Crippen molar-refractivity contribution in [2.24, 2.45) is 0 Å². The Kier molecular flexibility index (Phi) is 6.27. The molecule has 0 fully saturated rings. The van der Waals surface area contributed by atoms with Crippen LogP contribution in [0.4, 0.5) is 0 Å². The van der Waals surface area contributed by atoms with E-state index in [2.05, 4.69) is 5.32 Å². The van der Waals surface area contributed by atoms with Gasteiger partial charge in [-0.15, -0.1) is 11.3 Å². The SMILES string of the molecule is COc1ccc(C(=O)NCC(OC)c2ccc(Cl)s2)cc1OC. The molecule has 0 aliphatic heterocycles. The van der Waals surface area contributed by atoms with Crippen LogP contribution in [0.15, 0.2) is 30.3 Å². The van der Waals surface area contributed by atoms with E-state index in [0.717, 1.165) is 4.88 Å². The van der Waals surface area contributed by atoms with Gasteiger partial charge in [-0.25, -0.2) is 0 Å². The molecule has 5 nitrogen and oxygen atoms in total. The average molecular weight is 356 g/mol. The summed E-state index contributed by atoms with van der Waals surface area (Å²) in [5.41, 5.74) is 0.488. The van der Waals surface area contributed by atoms with Gasteiger partial charge in [0.1, 0.15) is 6.10 Å². The van der Waals surface area contributed by atoms with Gasteiger partial charge >= 0.3 is 0 Å². The van der Waals surface area contributed by atoms with Gasteiger partial charge < -0.3 is 19.5 Å². The largest absolute Gasteiger partial charge is 0.493 e. The summed E-state index contributed by atoms with van der Waals surface area (Å²) in [6.45, 7) is 0.348. The lowest BCUT2D eigenvalue weighted by atomic mass is 10.2. The number of methoxy groups -OCH3 is 3. The van der Waals surface area contributed by atoms with Crippen molar-refractivity contribution in [3.63, 3.8) is 0 Å². The Morgan fingerprint density at radius 2 is 1.91 bits per heavy atom. The number of rotatable bonds is 7. The normalized spacial score (nSPS) is 11.8. The molecule has 7 heteroatoms. The summed E-state index contributed by atoms with van der Waals surface area (Å²) in [6, 6.07) is 8.71. The number of ether oxygens (including phenoxy) is 3. The van der Waals surface area contributed by atoms with Crippen LogP contribution in [0.3, 0.4) is 0 Å². The van der Waals surface area contributed by atoms with Crippen LogP contribution in [0, 0.1) is 0 Å². The molecule has 1 heterocycles. The molecule has 1 aromatic heterocycles. The fraction of sp³-hybridized carbons (Fsp3) is 0.312. The molecule has 0 aliphatic rings. The molecule has 0 saturated carbocycles. The van der Waals surface area contributed by atoms with Gasteiger partial charge in [0.15, 0.2) is 11.5 Å². The van der Waals surface area contributed by atoms with Gasteiger partial charge in [0.25, 0.3) is 5.91 Å². The second-order valence-electron chi connectivity index (χ2n) is 4.65. The van der Waals surface area contributed by atoms with Gasteiger partial charge in [-0.05, 0) is 30.3 Å². The van der Waals surface area contributed by atoms with Crippen molar-refractivity contribution >= 4 is 28.8 Å². The van der Waals surface area contributed by atoms with Crippen LogP contribution in [-0.2, 0) is 4.74 Å². The number of hydrogen-bond acceptors (Lipinski definition) is 5. The first-order valence-corrected chi connectivity index (χ1v) is 8.06. The van der Waals surface area contributed by atoms with Crippen LogP contribution in [-0.4, -0.2) is 33.8 Å². The third-order valence-corrected chi connectivity index (χ3v) is 4.61. The summed E-state index contributed by atoms with van der Waals surface area (Å²) in [7, 11) is 4.68. The lowest BCUT2D eigenvalue weighted by Gasteiger charge is -2.15. The maximum absolute atomic E-state index is 12.3. The van der Waals surface area contributed by atoms with E-state index < -0.39 is 0 Å². The predicted octanol–water partition coefficient (Wildman–Crippen LogP) is 3.54. The maximum Gasteiger partial charge on any atom is 0.251 e. The van der Waals surface area contributed by atoms with E-state index in [9.17, 15) is 4.79 Å². The molecule has 1 aromatic carbocycles. The highest BCUT2D eigenvalue weighted by atomic mass is 35.5. The Hall–Kier alpha value is -1.76. The van der Waals surface area contributed by atoms with Crippen LogP contribution in [0.25, 0.3) is 0 Å². The van der Waals surface area contributed by atoms with Crippen molar-refractivity contribution in [1.82, 2.24) is 5.32 Å². The van der Waals surface area contributed by atoms with Crippen molar-refractivity contribution in [3.8, 4) is 11.5 Å². The first-order chi connectivity index (χ1) is 11.1. The van der Waals surface area contributed by atoms with E-state index in [-0.39, 0.29) is 12.0 Å². The van der Waals surface area contributed by atoms with Crippen LogP contribution < -0.4 is 14.8 Å². The van der Waals surface area contributed by atoms with E-state index in [1.807, 2.05) is 12.1 Å². The number of amides is 1. The first kappa shape index (κ1) is 17.6. The van der Waals surface area contributed by atoms with Gasteiger partial charge in [-0.2, -0.15) is 0 Å². The Labute approximate surface area is 144 Å². The lowest BCUT2D eigenvalue weighted by molar-refractivity contribution is 0.0837. The molecule has 1 amide bonds. The van der Waals surface area contributed by atoms with E-state index in [0.29, 0.717) is 27.9 Å². The Balaban J connectivity index is 2.04. The van der Waals surface area contributed by atoms with Crippen molar-refractivity contribution in [2.75, 3.05) is 27.9 Å². The topological polar surface area (TPSA) is 56.8 Å². The Bertz CT molecular complexity index is 674. The third-order valence-electron chi connectivity index (χ3n) is 3.29. The number of thiophene rings is 1. The number of benzene rings is 1. The van der Waals surface area contributed by atoms with E-state index >= 15 is 0 Å². The average Bonchev–Trinajstić information content (AvgIpc) is 3.00. The zero-order chi connectivity index (χ0) is 16.8. The third kappa shape index (κ3) is 4.37. The maximum atomic E-state index is 12.3. The van der Waals surface area contributed by atoms with Gasteiger partial charge in [0, 0.05) is 24.1 Å². The smallest absolute Gasteiger partial charge is 0.251 e. The molecule has 2 aromatic rings. The number of carbonyl (C=O) groups excluding carboxylic acids is 1. The van der Waals surface area contributed by atoms with Crippen molar-refractivity contribution in [1.29, 1.82) is 0 Å². The summed E-state index contributed by atoms with van der Waals surface area (Å²) < 4.78 is 16.5.